The molecule has 1 heterocycles. The minimum Gasteiger partial charge on any atom is -0.341 e. The molecule has 0 aliphatic carbocycles. The molecule has 2 N–H and O–H groups in total. The highest BCUT2D eigenvalue weighted by molar-refractivity contribution is 5.97. The lowest BCUT2D eigenvalue weighted by molar-refractivity contribution is -0.135. The molecule has 5 heteroatoms. The Balaban J connectivity index is 1.96. The van der Waals surface area contributed by atoms with E-state index in [0.717, 1.165) is 44.6 Å². The molecule has 1 aliphatic heterocycles. The molecule has 0 aromatic heterocycles. The summed E-state index contributed by atoms with van der Waals surface area (Å²) in [5, 5.41) is 6.35. The van der Waals surface area contributed by atoms with Crippen LogP contribution in [0.5, 0.6) is 0 Å². The van der Waals surface area contributed by atoms with Crippen LogP contribution in [0.25, 0.3) is 0 Å². The number of rotatable bonds is 7. The number of benzene rings is 1. The molecule has 26 heavy (non-hydrogen) atoms. The summed E-state index contributed by atoms with van der Waals surface area (Å²) in [6.45, 7) is 11.6. The summed E-state index contributed by atoms with van der Waals surface area (Å²) < 4.78 is 0. The lowest BCUT2D eigenvalue weighted by atomic mass is 9.94. The Kier molecular flexibility index (Phi) is 7.64. The number of likely N-dealkylation sites (tertiary alicyclic amines) is 1. The van der Waals surface area contributed by atoms with Gasteiger partial charge in [0, 0.05) is 18.7 Å². The van der Waals surface area contributed by atoms with E-state index in [0.29, 0.717) is 11.5 Å². The van der Waals surface area contributed by atoms with E-state index in [4.69, 9.17) is 0 Å². The van der Waals surface area contributed by atoms with Gasteiger partial charge in [0.2, 0.25) is 5.91 Å². The van der Waals surface area contributed by atoms with Crippen molar-refractivity contribution in [2.45, 2.75) is 46.6 Å². The van der Waals surface area contributed by atoms with Crippen molar-refractivity contribution in [3.63, 3.8) is 0 Å². The first-order chi connectivity index (χ1) is 12.4. The van der Waals surface area contributed by atoms with Crippen LogP contribution in [0, 0.1) is 18.8 Å². The zero-order chi connectivity index (χ0) is 19.1. The van der Waals surface area contributed by atoms with Crippen molar-refractivity contribution in [2.75, 3.05) is 26.2 Å². The van der Waals surface area contributed by atoms with Crippen LogP contribution in [-0.2, 0) is 4.79 Å². The second-order valence-corrected chi connectivity index (χ2v) is 7.64. The van der Waals surface area contributed by atoms with Gasteiger partial charge in [0.05, 0.1) is 0 Å². The average molecular weight is 360 g/mol. The van der Waals surface area contributed by atoms with Crippen LogP contribution in [-0.4, -0.2) is 48.9 Å². The largest absolute Gasteiger partial charge is 0.341 e. The van der Waals surface area contributed by atoms with Crippen molar-refractivity contribution >= 4 is 11.8 Å². The maximum Gasteiger partial charge on any atom is 0.251 e. The van der Waals surface area contributed by atoms with Gasteiger partial charge in [0.15, 0.2) is 0 Å². The molecule has 0 spiro atoms. The minimum atomic E-state index is -0.478. The van der Waals surface area contributed by atoms with Crippen molar-refractivity contribution in [3.05, 3.63) is 35.4 Å². The quantitative estimate of drug-likeness (QED) is 0.787. The normalized spacial score (nSPS) is 16.6. The maximum absolute atomic E-state index is 13.0. The summed E-state index contributed by atoms with van der Waals surface area (Å²) in [5.41, 5.74) is 1.64. The SMILES string of the molecule is CCNCC1CCN(C(=O)C(NC(=O)c2cccc(C)c2)C(C)C)CC1. The number of nitrogens with one attached hydrogen (secondary N) is 2. The van der Waals surface area contributed by atoms with Crippen molar-refractivity contribution in [2.24, 2.45) is 11.8 Å². The summed E-state index contributed by atoms with van der Waals surface area (Å²) in [6.07, 6.45) is 2.05. The van der Waals surface area contributed by atoms with E-state index in [1.165, 1.54) is 0 Å². The van der Waals surface area contributed by atoms with Crippen molar-refractivity contribution in [3.8, 4) is 0 Å². The Morgan fingerprint density at radius 3 is 2.50 bits per heavy atom. The first kappa shape index (κ1) is 20.4. The van der Waals surface area contributed by atoms with Crippen molar-refractivity contribution < 1.29 is 9.59 Å². The molecule has 0 radical (unpaired) electrons. The molecule has 1 aliphatic rings. The van der Waals surface area contributed by atoms with E-state index in [9.17, 15) is 9.59 Å². The summed E-state index contributed by atoms with van der Waals surface area (Å²) in [7, 11) is 0. The fourth-order valence-electron chi connectivity index (χ4n) is 3.43. The number of amides is 2. The first-order valence-corrected chi connectivity index (χ1v) is 9.79. The van der Waals surface area contributed by atoms with Crippen molar-refractivity contribution in [1.82, 2.24) is 15.5 Å². The number of aryl methyl sites for hydroxylation is 1. The van der Waals surface area contributed by atoms with Crippen LogP contribution < -0.4 is 10.6 Å². The highest BCUT2D eigenvalue weighted by atomic mass is 16.2. The standard InChI is InChI=1S/C21H33N3O2/c1-5-22-14-17-9-11-24(12-10-17)21(26)19(15(2)3)23-20(25)18-8-6-7-16(4)13-18/h6-8,13,15,17,19,22H,5,9-12,14H2,1-4H3,(H,23,25). The second-order valence-electron chi connectivity index (χ2n) is 7.64. The smallest absolute Gasteiger partial charge is 0.251 e. The van der Waals surface area contributed by atoms with E-state index in [2.05, 4.69) is 17.6 Å². The van der Waals surface area contributed by atoms with Gasteiger partial charge in [-0.2, -0.15) is 0 Å². The highest BCUT2D eigenvalue weighted by Gasteiger charge is 2.31. The van der Waals surface area contributed by atoms with Gasteiger partial charge in [-0.1, -0.05) is 38.5 Å². The monoisotopic (exact) mass is 359 g/mol. The van der Waals surface area contributed by atoms with Gasteiger partial charge in [-0.25, -0.2) is 0 Å². The topological polar surface area (TPSA) is 61.4 Å². The number of nitrogens with zero attached hydrogens (tertiary/aromatic N) is 1. The number of carbonyl (C=O) groups excluding carboxylic acids is 2. The van der Waals surface area contributed by atoms with Crippen LogP contribution in [0.3, 0.4) is 0 Å². The number of piperidine rings is 1. The molecule has 0 saturated carbocycles. The molecular formula is C21H33N3O2. The van der Waals surface area contributed by atoms with E-state index in [-0.39, 0.29) is 17.7 Å². The zero-order valence-electron chi connectivity index (χ0n) is 16.5. The molecule has 1 saturated heterocycles. The van der Waals surface area contributed by atoms with Gasteiger partial charge in [-0.05, 0) is 56.8 Å². The number of hydrogen-bond donors (Lipinski definition) is 2. The van der Waals surface area contributed by atoms with Gasteiger partial charge in [-0.3, -0.25) is 9.59 Å². The molecule has 1 unspecified atom stereocenters. The Morgan fingerprint density at radius 2 is 1.92 bits per heavy atom. The Hall–Kier alpha value is -1.88. The molecule has 1 atom stereocenters. The maximum atomic E-state index is 13.0. The fourth-order valence-corrected chi connectivity index (χ4v) is 3.43. The molecule has 1 fully saturated rings. The highest BCUT2D eigenvalue weighted by Crippen LogP contribution is 2.19. The molecule has 2 rings (SSSR count). The van der Waals surface area contributed by atoms with Crippen LogP contribution in [0.1, 0.15) is 49.5 Å². The minimum absolute atomic E-state index is 0.0444. The average Bonchev–Trinajstić information content (AvgIpc) is 2.64. The van der Waals surface area contributed by atoms with E-state index in [1.807, 2.05) is 43.9 Å². The van der Waals surface area contributed by atoms with Crippen LogP contribution >= 0.6 is 0 Å². The number of carbonyl (C=O) groups is 2. The van der Waals surface area contributed by atoms with Crippen LogP contribution in [0.15, 0.2) is 24.3 Å². The lowest BCUT2D eigenvalue weighted by Gasteiger charge is -2.35. The summed E-state index contributed by atoms with van der Waals surface area (Å²) in [6, 6.07) is 6.98. The van der Waals surface area contributed by atoms with E-state index >= 15 is 0 Å². The Morgan fingerprint density at radius 1 is 1.23 bits per heavy atom. The third-order valence-corrected chi connectivity index (χ3v) is 5.11. The molecule has 1 aromatic rings. The molecule has 2 amide bonds. The van der Waals surface area contributed by atoms with Crippen LogP contribution in [0.4, 0.5) is 0 Å². The Bertz CT molecular complexity index is 607. The second kappa shape index (κ2) is 9.72. The lowest BCUT2D eigenvalue weighted by Crippen LogP contribution is -2.53. The molecule has 5 nitrogen and oxygen atoms in total. The summed E-state index contributed by atoms with van der Waals surface area (Å²) in [4.78, 5) is 27.5. The Labute approximate surface area is 157 Å². The molecule has 0 bridgehead atoms. The van der Waals surface area contributed by atoms with Crippen molar-refractivity contribution in [1.29, 1.82) is 0 Å². The number of hydrogen-bond acceptors (Lipinski definition) is 3. The predicted octanol–water partition coefficient (Wildman–Crippen LogP) is 2.60. The summed E-state index contributed by atoms with van der Waals surface area (Å²) in [5.74, 6) is 0.555. The fraction of sp³-hybridized carbons (Fsp3) is 0.619. The van der Waals surface area contributed by atoms with Crippen LogP contribution in [0.2, 0.25) is 0 Å². The van der Waals surface area contributed by atoms with E-state index in [1.54, 1.807) is 6.07 Å². The first-order valence-electron chi connectivity index (χ1n) is 9.79. The molecule has 1 aromatic carbocycles. The third kappa shape index (κ3) is 5.56. The molecular weight excluding hydrogens is 326 g/mol. The van der Waals surface area contributed by atoms with Gasteiger partial charge < -0.3 is 15.5 Å². The van der Waals surface area contributed by atoms with Gasteiger partial charge in [-0.15, -0.1) is 0 Å². The summed E-state index contributed by atoms with van der Waals surface area (Å²) >= 11 is 0. The zero-order valence-corrected chi connectivity index (χ0v) is 16.5. The van der Waals surface area contributed by atoms with Gasteiger partial charge in [0.25, 0.3) is 5.91 Å². The molecule has 144 valence electrons. The van der Waals surface area contributed by atoms with Gasteiger partial charge >= 0.3 is 0 Å². The third-order valence-electron chi connectivity index (χ3n) is 5.11. The van der Waals surface area contributed by atoms with Gasteiger partial charge in [0.1, 0.15) is 6.04 Å². The van der Waals surface area contributed by atoms with E-state index < -0.39 is 6.04 Å². The predicted molar refractivity (Wildman–Crippen MR) is 105 cm³/mol.